The predicted octanol–water partition coefficient (Wildman–Crippen LogP) is 5.44. The van der Waals surface area contributed by atoms with Crippen LogP contribution in [-0.2, 0) is 4.79 Å². The van der Waals surface area contributed by atoms with Gasteiger partial charge in [-0.25, -0.2) is 14.4 Å². The smallest absolute Gasteiger partial charge is 0.223 e. The van der Waals surface area contributed by atoms with Gasteiger partial charge in [0.1, 0.15) is 11.6 Å². The Kier molecular flexibility index (Phi) is 6.11. The minimum absolute atomic E-state index is 0.159. The number of allylic oxidation sites excluding steroid dienone is 2. The quantitative estimate of drug-likeness (QED) is 0.514. The molecule has 33 heavy (non-hydrogen) atoms. The van der Waals surface area contributed by atoms with Crippen molar-refractivity contribution >= 4 is 17.4 Å². The van der Waals surface area contributed by atoms with E-state index in [4.69, 9.17) is 9.97 Å². The van der Waals surface area contributed by atoms with Gasteiger partial charge in [0.2, 0.25) is 5.91 Å². The van der Waals surface area contributed by atoms with Gasteiger partial charge in [-0.15, -0.1) is 0 Å². The molecule has 1 saturated heterocycles. The molecule has 5 rings (SSSR count). The molecule has 0 radical (unpaired) electrons. The Morgan fingerprint density at radius 1 is 1.12 bits per heavy atom. The topological polar surface area (TPSA) is 71.0 Å². The molecule has 0 bridgehead atoms. The Labute approximate surface area is 192 Å². The highest BCUT2D eigenvalue weighted by Crippen LogP contribution is 2.34. The van der Waals surface area contributed by atoms with Crippen LogP contribution in [0.4, 0.5) is 15.9 Å². The zero-order chi connectivity index (χ0) is 22.6. The minimum Gasteiger partial charge on any atom is -0.340 e. The first-order chi connectivity index (χ1) is 16.2. The molecule has 0 spiro atoms. The number of nitrogens with zero attached hydrogens (tertiary/aromatic N) is 4. The van der Waals surface area contributed by atoms with Crippen LogP contribution >= 0.6 is 0 Å². The molecule has 3 aromatic rings. The van der Waals surface area contributed by atoms with Crippen molar-refractivity contribution in [3.8, 4) is 11.3 Å². The third-order valence-corrected chi connectivity index (χ3v) is 6.24. The van der Waals surface area contributed by atoms with E-state index < -0.39 is 0 Å². The number of amides is 1. The maximum absolute atomic E-state index is 13.7. The molecule has 2 aliphatic rings. The normalized spacial score (nSPS) is 19.7. The fourth-order valence-electron chi connectivity index (χ4n) is 4.60. The summed E-state index contributed by atoms with van der Waals surface area (Å²) in [5.74, 6) is 1.34. The van der Waals surface area contributed by atoms with Gasteiger partial charge in [-0.2, -0.15) is 0 Å². The largest absolute Gasteiger partial charge is 0.340 e. The lowest BCUT2D eigenvalue weighted by Gasteiger charge is -2.25. The molecule has 0 unspecified atom stereocenters. The number of nitrogens with one attached hydrogen (secondary N) is 1. The van der Waals surface area contributed by atoms with Crippen LogP contribution in [0.25, 0.3) is 11.3 Å². The number of hydrogen-bond donors (Lipinski definition) is 1. The van der Waals surface area contributed by atoms with E-state index in [0.717, 1.165) is 43.5 Å². The zero-order valence-corrected chi connectivity index (χ0v) is 18.3. The van der Waals surface area contributed by atoms with E-state index in [-0.39, 0.29) is 17.8 Å². The minimum atomic E-state index is -0.322. The molecule has 1 N–H and O–H groups in total. The van der Waals surface area contributed by atoms with Crippen LogP contribution in [0.5, 0.6) is 0 Å². The van der Waals surface area contributed by atoms with E-state index in [0.29, 0.717) is 29.7 Å². The van der Waals surface area contributed by atoms with Crippen molar-refractivity contribution in [1.82, 2.24) is 19.9 Å². The summed E-state index contributed by atoms with van der Waals surface area (Å²) in [7, 11) is 0. The molecule has 1 aromatic carbocycles. The van der Waals surface area contributed by atoms with E-state index >= 15 is 0 Å². The van der Waals surface area contributed by atoms with Crippen molar-refractivity contribution in [2.24, 2.45) is 5.92 Å². The maximum atomic E-state index is 13.7. The number of aromatic nitrogens is 3. The van der Waals surface area contributed by atoms with Crippen LogP contribution in [0.2, 0.25) is 0 Å². The molecular formula is C26H26FN5O. The highest BCUT2D eigenvalue weighted by Gasteiger charge is 2.33. The van der Waals surface area contributed by atoms with Crippen molar-refractivity contribution in [2.45, 2.75) is 38.1 Å². The number of halogens is 1. The molecule has 1 amide bonds. The Bertz CT molecular complexity index is 1170. The summed E-state index contributed by atoms with van der Waals surface area (Å²) in [4.78, 5) is 28.8. The third kappa shape index (κ3) is 4.92. The highest BCUT2D eigenvalue weighted by molar-refractivity contribution is 5.77. The molecule has 2 aromatic heterocycles. The molecular weight excluding hydrogens is 417 g/mol. The fraction of sp³-hybridized carbons (Fsp3) is 0.308. The van der Waals surface area contributed by atoms with E-state index in [1.165, 1.54) is 12.1 Å². The van der Waals surface area contributed by atoms with E-state index in [1.807, 2.05) is 23.1 Å². The van der Waals surface area contributed by atoms with Crippen molar-refractivity contribution in [1.29, 1.82) is 0 Å². The molecule has 2 atom stereocenters. The summed E-state index contributed by atoms with van der Waals surface area (Å²) in [6.45, 7) is 0.718. The number of rotatable bonds is 6. The van der Waals surface area contributed by atoms with Crippen LogP contribution in [0.3, 0.4) is 0 Å². The molecule has 6 nitrogen and oxygen atoms in total. The van der Waals surface area contributed by atoms with Crippen LogP contribution in [-0.4, -0.2) is 32.3 Å². The van der Waals surface area contributed by atoms with Crippen LogP contribution < -0.4 is 5.32 Å². The van der Waals surface area contributed by atoms with Gasteiger partial charge in [-0.3, -0.25) is 9.78 Å². The number of carbonyl (C=O) groups excluding carboxylic acids is 1. The molecule has 7 heteroatoms. The summed E-state index contributed by atoms with van der Waals surface area (Å²) in [6, 6.07) is 11.7. The lowest BCUT2D eigenvalue weighted by atomic mass is 10.0. The number of pyridine rings is 1. The first kappa shape index (κ1) is 21.2. The van der Waals surface area contributed by atoms with Gasteiger partial charge in [0.05, 0.1) is 11.7 Å². The SMILES string of the molecule is O=C(C[C@@H]1C=CCC1)N1CCC[C@H]1c1nc(Nc2cccc(F)c2)cc(-c2ccncc2)n1. The van der Waals surface area contributed by atoms with Gasteiger partial charge in [-0.05, 0) is 61.9 Å². The molecule has 3 heterocycles. The highest BCUT2D eigenvalue weighted by atomic mass is 19.1. The molecule has 1 aliphatic carbocycles. The van der Waals surface area contributed by atoms with Crippen LogP contribution in [0.15, 0.2) is 67.0 Å². The van der Waals surface area contributed by atoms with Crippen LogP contribution in [0, 0.1) is 11.7 Å². The molecule has 1 fully saturated rings. The lowest BCUT2D eigenvalue weighted by Crippen LogP contribution is -2.32. The van der Waals surface area contributed by atoms with Gasteiger partial charge < -0.3 is 10.2 Å². The lowest BCUT2D eigenvalue weighted by molar-refractivity contribution is -0.133. The second-order valence-corrected chi connectivity index (χ2v) is 8.58. The first-order valence-electron chi connectivity index (χ1n) is 11.4. The van der Waals surface area contributed by atoms with Crippen molar-refractivity contribution < 1.29 is 9.18 Å². The Morgan fingerprint density at radius 3 is 2.79 bits per heavy atom. The fourth-order valence-corrected chi connectivity index (χ4v) is 4.60. The summed E-state index contributed by atoms with van der Waals surface area (Å²) in [6.07, 6.45) is 12.1. The summed E-state index contributed by atoms with van der Waals surface area (Å²) < 4.78 is 13.7. The van der Waals surface area contributed by atoms with Crippen molar-refractivity contribution in [2.75, 3.05) is 11.9 Å². The number of benzene rings is 1. The monoisotopic (exact) mass is 443 g/mol. The maximum Gasteiger partial charge on any atom is 0.223 e. The molecule has 1 aliphatic heterocycles. The second kappa shape index (κ2) is 9.48. The number of likely N-dealkylation sites (tertiary alicyclic amines) is 1. The van der Waals surface area contributed by atoms with E-state index in [1.54, 1.807) is 24.5 Å². The van der Waals surface area contributed by atoms with E-state index in [2.05, 4.69) is 22.5 Å². The van der Waals surface area contributed by atoms with Gasteiger partial charge in [0.15, 0.2) is 5.82 Å². The summed E-state index contributed by atoms with van der Waals surface area (Å²) in [5.41, 5.74) is 2.25. The van der Waals surface area contributed by atoms with Crippen LogP contribution in [0.1, 0.15) is 44.0 Å². The number of carbonyl (C=O) groups is 1. The summed E-state index contributed by atoms with van der Waals surface area (Å²) in [5, 5.41) is 3.20. The molecule has 168 valence electrons. The van der Waals surface area contributed by atoms with Gasteiger partial charge >= 0.3 is 0 Å². The van der Waals surface area contributed by atoms with E-state index in [9.17, 15) is 9.18 Å². The average molecular weight is 444 g/mol. The number of hydrogen-bond acceptors (Lipinski definition) is 5. The Morgan fingerprint density at radius 2 is 2.00 bits per heavy atom. The predicted molar refractivity (Wildman–Crippen MR) is 125 cm³/mol. The summed E-state index contributed by atoms with van der Waals surface area (Å²) >= 11 is 0. The standard InChI is InChI=1S/C26H26FN5O/c27-20-7-3-8-21(16-20)29-24-17-22(19-10-12-28-13-11-19)30-26(31-24)23-9-4-14-32(23)25(33)15-18-5-1-2-6-18/h1,3,5,7-8,10-13,16-18,23H,2,4,6,9,14-15H2,(H,29,30,31)/t18-,23+/m1/s1. The first-order valence-corrected chi connectivity index (χ1v) is 11.4. The van der Waals surface area contributed by atoms with Crippen molar-refractivity contribution in [3.05, 3.63) is 78.7 Å². The Balaban J connectivity index is 1.47. The third-order valence-electron chi connectivity index (χ3n) is 6.24. The molecule has 0 saturated carbocycles. The average Bonchev–Trinajstić information content (AvgIpc) is 3.52. The Hall–Kier alpha value is -3.61. The van der Waals surface area contributed by atoms with Gasteiger partial charge in [-0.1, -0.05) is 18.2 Å². The van der Waals surface area contributed by atoms with Gasteiger partial charge in [0, 0.05) is 42.7 Å². The van der Waals surface area contributed by atoms with Crippen molar-refractivity contribution in [3.63, 3.8) is 0 Å². The zero-order valence-electron chi connectivity index (χ0n) is 18.3. The second-order valence-electron chi connectivity index (χ2n) is 8.58. The number of anilines is 2. The van der Waals surface area contributed by atoms with Gasteiger partial charge in [0.25, 0.3) is 0 Å².